The molecule has 0 aliphatic heterocycles. The van der Waals surface area contributed by atoms with Crippen molar-refractivity contribution in [2.45, 2.75) is 20.3 Å². The Labute approximate surface area is 134 Å². The fourth-order valence-corrected chi connectivity index (χ4v) is 2.36. The molecule has 0 saturated heterocycles. The Morgan fingerprint density at radius 2 is 1.95 bits per heavy atom. The molecule has 2 aromatic rings. The van der Waals surface area contributed by atoms with Gasteiger partial charge in [0.2, 0.25) is 5.91 Å². The van der Waals surface area contributed by atoms with E-state index < -0.39 is 0 Å². The number of likely N-dealkylation sites (N-methyl/N-ethyl adjacent to an activating group) is 1. The third kappa shape index (κ3) is 3.96. The molecular formula is C16H16Cl2N2O. The smallest absolute Gasteiger partial charge is 0.231 e. The Bertz CT molecular complexity index is 641. The number of hydrogen-bond acceptors (Lipinski definition) is 2. The molecule has 0 atom stereocenters. The van der Waals surface area contributed by atoms with E-state index in [1.54, 1.807) is 23.2 Å². The van der Waals surface area contributed by atoms with Crippen LogP contribution in [0.15, 0.2) is 36.5 Å². The van der Waals surface area contributed by atoms with Crippen LogP contribution in [0.5, 0.6) is 0 Å². The first-order valence-corrected chi connectivity index (χ1v) is 7.43. The summed E-state index contributed by atoms with van der Waals surface area (Å²) in [6.45, 7) is 4.44. The topological polar surface area (TPSA) is 33.2 Å². The van der Waals surface area contributed by atoms with Gasteiger partial charge in [0.1, 0.15) is 0 Å². The molecule has 5 heteroatoms. The van der Waals surface area contributed by atoms with Gasteiger partial charge in [-0.15, -0.1) is 0 Å². The van der Waals surface area contributed by atoms with Gasteiger partial charge >= 0.3 is 0 Å². The number of pyridine rings is 1. The van der Waals surface area contributed by atoms with Gasteiger partial charge in [0.05, 0.1) is 28.4 Å². The Hall–Kier alpha value is -1.58. The molecule has 1 aromatic carbocycles. The van der Waals surface area contributed by atoms with Crippen LogP contribution < -0.4 is 4.90 Å². The van der Waals surface area contributed by atoms with Crippen LogP contribution in [0.3, 0.4) is 0 Å². The van der Waals surface area contributed by atoms with Crippen molar-refractivity contribution in [2.24, 2.45) is 0 Å². The van der Waals surface area contributed by atoms with Crippen molar-refractivity contribution in [2.75, 3.05) is 11.4 Å². The normalized spacial score (nSPS) is 10.5. The summed E-state index contributed by atoms with van der Waals surface area (Å²) in [7, 11) is 0. The third-order valence-corrected chi connectivity index (χ3v) is 3.90. The van der Waals surface area contributed by atoms with E-state index in [1.807, 2.05) is 32.0 Å². The second-order valence-electron chi connectivity index (χ2n) is 4.72. The van der Waals surface area contributed by atoms with E-state index in [9.17, 15) is 4.79 Å². The van der Waals surface area contributed by atoms with Crippen molar-refractivity contribution >= 4 is 34.8 Å². The Morgan fingerprint density at radius 3 is 2.52 bits per heavy atom. The zero-order valence-corrected chi connectivity index (χ0v) is 13.4. The SMILES string of the molecule is CCN(C(=O)Cc1ccc(Cl)c(Cl)c1)c1ccc(C)nc1. The van der Waals surface area contributed by atoms with E-state index in [4.69, 9.17) is 23.2 Å². The van der Waals surface area contributed by atoms with E-state index in [1.165, 1.54) is 0 Å². The predicted molar refractivity (Wildman–Crippen MR) is 87.2 cm³/mol. The number of rotatable bonds is 4. The van der Waals surface area contributed by atoms with Crippen LogP contribution in [-0.2, 0) is 11.2 Å². The molecule has 0 N–H and O–H groups in total. The molecule has 0 saturated carbocycles. The molecule has 3 nitrogen and oxygen atoms in total. The largest absolute Gasteiger partial charge is 0.311 e. The van der Waals surface area contributed by atoms with Gasteiger partial charge in [-0.1, -0.05) is 29.3 Å². The molecule has 0 aliphatic rings. The van der Waals surface area contributed by atoms with Gasteiger partial charge in [-0.25, -0.2) is 0 Å². The number of carbonyl (C=O) groups excluding carboxylic acids is 1. The van der Waals surface area contributed by atoms with Gasteiger partial charge in [0, 0.05) is 12.2 Å². The van der Waals surface area contributed by atoms with E-state index in [2.05, 4.69) is 4.98 Å². The molecule has 21 heavy (non-hydrogen) atoms. The minimum absolute atomic E-state index is 0.00143. The second-order valence-corrected chi connectivity index (χ2v) is 5.54. The van der Waals surface area contributed by atoms with E-state index in [0.29, 0.717) is 16.6 Å². The highest BCUT2D eigenvalue weighted by atomic mass is 35.5. The number of hydrogen-bond donors (Lipinski definition) is 0. The molecule has 0 bridgehead atoms. The first-order valence-electron chi connectivity index (χ1n) is 6.68. The van der Waals surface area contributed by atoms with Crippen molar-refractivity contribution in [1.82, 2.24) is 4.98 Å². The molecule has 0 radical (unpaired) electrons. The van der Waals surface area contributed by atoms with Crippen molar-refractivity contribution in [1.29, 1.82) is 0 Å². The molecule has 0 aliphatic carbocycles. The summed E-state index contributed by atoms with van der Waals surface area (Å²) in [5.41, 5.74) is 2.56. The average Bonchev–Trinajstić information content (AvgIpc) is 2.46. The number of carbonyl (C=O) groups is 1. The van der Waals surface area contributed by atoms with Crippen LogP contribution in [0, 0.1) is 6.92 Å². The number of halogens is 2. The highest BCUT2D eigenvalue weighted by Gasteiger charge is 2.15. The number of amides is 1. The lowest BCUT2D eigenvalue weighted by Gasteiger charge is -2.21. The fourth-order valence-electron chi connectivity index (χ4n) is 2.04. The Kier molecular flexibility index (Phi) is 5.21. The zero-order valence-electron chi connectivity index (χ0n) is 11.9. The minimum atomic E-state index is 0.00143. The fraction of sp³-hybridized carbons (Fsp3) is 0.250. The Morgan fingerprint density at radius 1 is 1.19 bits per heavy atom. The zero-order chi connectivity index (χ0) is 15.4. The van der Waals surface area contributed by atoms with E-state index in [-0.39, 0.29) is 12.3 Å². The van der Waals surface area contributed by atoms with Gasteiger partial charge in [-0.05, 0) is 43.7 Å². The summed E-state index contributed by atoms with van der Waals surface area (Å²) in [5, 5.41) is 0.949. The molecule has 0 fully saturated rings. The molecule has 0 spiro atoms. The first-order chi connectivity index (χ1) is 10.0. The maximum absolute atomic E-state index is 12.4. The molecule has 0 unspecified atom stereocenters. The van der Waals surface area contributed by atoms with Crippen LogP contribution in [0.25, 0.3) is 0 Å². The molecule has 2 rings (SSSR count). The van der Waals surface area contributed by atoms with E-state index >= 15 is 0 Å². The van der Waals surface area contributed by atoms with Gasteiger partial charge in [-0.3, -0.25) is 9.78 Å². The number of anilines is 1. The standard InChI is InChI=1S/C16H16Cl2N2O/c1-3-20(13-6-4-11(2)19-10-13)16(21)9-12-5-7-14(17)15(18)8-12/h4-8,10H,3,9H2,1-2H3. The van der Waals surface area contributed by atoms with Crippen molar-refractivity contribution in [3.05, 3.63) is 57.8 Å². The maximum Gasteiger partial charge on any atom is 0.231 e. The van der Waals surface area contributed by atoms with Gasteiger partial charge in [0.15, 0.2) is 0 Å². The number of aryl methyl sites for hydroxylation is 1. The average molecular weight is 323 g/mol. The van der Waals surface area contributed by atoms with Crippen LogP contribution in [0.2, 0.25) is 10.0 Å². The molecule has 110 valence electrons. The summed E-state index contributed by atoms with van der Waals surface area (Å²) in [6, 6.07) is 9.04. The van der Waals surface area contributed by atoms with Gasteiger partial charge in [-0.2, -0.15) is 0 Å². The summed E-state index contributed by atoms with van der Waals surface area (Å²) >= 11 is 11.9. The van der Waals surface area contributed by atoms with Crippen LogP contribution in [0.1, 0.15) is 18.2 Å². The highest BCUT2D eigenvalue weighted by molar-refractivity contribution is 6.42. The van der Waals surface area contributed by atoms with Crippen molar-refractivity contribution in [3.63, 3.8) is 0 Å². The lowest BCUT2D eigenvalue weighted by molar-refractivity contribution is -0.117. The first kappa shape index (κ1) is 15.8. The minimum Gasteiger partial charge on any atom is -0.311 e. The van der Waals surface area contributed by atoms with Gasteiger partial charge in [0.25, 0.3) is 0 Å². The van der Waals surface area contributed by atoms with Crippen LogP contribution in [0.4, 0.5) is 5.69 Å². The van der Waals surface area contributed by atoms with Crippen molar-refractivity contribution in [3.8, 4) is 0 Å². The monoisotopic (exact) mass is 322 g/mol. The lowest BCUT2D eigenvalue weighted by Crippen LogP contribution is -2.32. The number of nitrogens with zero attached hydrogens (tertiary/aromatic N) is 2. The Balaban J connectivity index is 2.16. The lowest BCUT2D eigenvalue weighted by atomic mass is 10.1. The third-order valence-electron chi connectivity index (χ3n) is 3.16. The predicted octanol–water partition coefficient (Wildman–Crippen LogP) is 4.29. The quantitative estimate of drug-likeness (QED) is 0.841. The second kappa shape index (κ2) is 6.92. The molecule has 1 aromatic heterocycles. The van der Waals surface area contributed by atoms with E-state index in [0.717, 1.165) is 16.9 Å². The molecule has 1 amide bonds. The van der Waals surface area contributed by atoms with Crippen LogP contribution in [-0.4, -0.2) is 17.4 Å². The summed E-state index contributed by atoms with van der Waals surface area (Å²) in [6.07, 6.45) is 1.99. The summed E-state index contributed by atoms with van der Waals surface area (Å²) in [4.78, 5) is 18.4. The number of aromatic nitrogens is 1. The highest BCUT2D eigenvalue weighted by Crippen LogP contribution is 2.23. The summed E-state index contributed by atoms with van der Waals surface area (Å²) < 4.78 is 0. The number of benzene rings is 1. The molecular weight excluding hydrogens is 307 g/mol. The van der Waals surface area contributed by atoms with Gasteiger partial charge < -0.3 is 4.90 Å². The van der Waals surface area contributed by atoms with Crippen LogP contribution >= 0.6 is 23.2 Å². The van der Waals surface area contributed by atoms with Crippen molar-refractivity contribution < 1.29 is 4.79 Å². The molecule has 1 heterocycles. The maximum atomic E-state index is 12.4. The summed E-state index contributed by atoms with van der Waals surface area (Å²) in [5.74, 6) is 0.00143.